The molecule has 1 aromatic heterocycles. The summed E-state index contributed by atoms with van der Waals surface area (Å²) in [5, 5.41) is 0. The zero-order valence-electron chi connectivity index (χ0n) is 18.7. The van der Waals surface area contributed by atoms with Crippen molar-refractivity contribution in [3.8, 4) is 17.2 Å². The van der Waals surface area contributed by atoms with Gasteiger partial charge in [0.2, 0.25) is 5.89 Å². The van der Waals surface area contributed by atoms with Gasteiger partial charge in [-0.1, -0.05) is 29.8 Å². The molecule has 168 valence electrons. The lowest BCUT2D eigenvalue weighted by Crippen LogP contribution is -2.49. The normalized spacial score (nSPS) is 16.7. The number of methoxy groups -OCH3 is 1. The van der Waals surface area contributed by atoms with Crippen LogP contribution in [0.3, 0.4) is 0 Å². The van der Waals surface area contributed by atoms with Gasteiger partial charge in [-0.3, -0.25) is 9.69 Å². The minimum absolute atomic E-state index is 0.275. The minimum Gasteiger partial charge on any atom is -0.487 e. The van der Waals surface area contributed by atoms with Crippen LogP contribution in [0.1, 0.15) is 22.6 Å². The third-order valence-corrected chi connectivity index (χ3v) is 5.56. The lowest BCUT2D eigenvalue weighted by molar-refractivity contribution is -0.153. The summed E-state index contributed by atoms with van der Waals surface area (Å²) in [6.07, 6.45) is 0. The van der Waals surface area contributed by atoms with Gasteiger partial charge >= 0.3 is 5.97 Å². The van der Waals surface area contributed by atoms with Crippen molar-refractivity contribution in [2.45, 2.75) is 33.0 Å². The van der Waals surface area contributed by atoms with Gasteiger partial charge in [0.05, 0.1) is 20.3 Å². The van der Waals surface area contributed by atoms with Gasteiger partial charge in [0.25, 0.3) is 0 Å². The number of morpholine rings is 1. The molecule has 1 aliphatic rings. The Labute approximate surface area is 187 Å². The third-order valence-electron chi connectivity index (χ3n) is 5.56. The Balaban J connectivity index is 1.41. The second kappa shape index (κ2) is 9.97. The van der Waals surface area contributed by atoms with E-state index < -0.39 is 6.04 Å². The first-order chi connectivity index (χ1) is 15.5. The molecule has 0 amide bonds. The summed E-state index contributed by atoms with van der Waals surface area (Å²) in [7, 11) is 1.40. The van der Waals surface area contributed by atoms with Crippen LogP contribution in [0.15, 0.2) is 52.9 Å². The van der Waals surface area contributed by atoms with E-state index in [0.717, 1.165) is 28.3 Å². The van der Waals surface area contributed by atoms with E-state index in [0.29, 0.717) is 38.8 Å². The smallest absolute Gasteiger partial charge is 0.325 e. The van der Waals surface area contributed by atoms with Crippen molar-refractivity contribution >= 4 is 5.97 Å². The number of carbonyl (C=O) groups is 1. The number of hydrogen-bond acceptors (Lipinski definition) is 7. The van der Waals surface area contributed by atoms with Crippen LogP contribution in [0.2, 0.25) is 0 Å². The number of ether oxygens (including phenoxy) is 3. The van der Waals surface area contributed by atoms with Gasteiger partial charge < -0.3 is 18.6 Å². The number of carbonyl (C=O) groups excluding carboxylic acids is 1. The minimum atomic E-state index is -0.392. The molecule has 0 N–H and O–H groups in total. The zero-order chi connectivity index (χ0) is 22.5. The van der Waals surface area contributed by atoms with E-state index >= 15 is 0 Å². The summed E-state index contributed by atoms with van der Waals surface area (Å²) in [4.78, 5) is 18.8. The zero-order valence-corrected chi connectivity index (χ0v) is 18.7. The van der Waals surface area contributed by atoms with Gasteiger partial charge in [0, 0.05) is 18.7 Å². The number of nitrogens with zero attached hydrogens (tertiary/aromatic N) is 2. The van der Waals surface area contributed by atoms with Crippen LogP contribution in [0.4, 0.5) is 0 Å². The van der Waals surface area contributed by atoms with Crippen LogP contribution in [-0.4, -0.2) is 48.8 Å². The molecule has 0 spiro atoms. The van der Waals surface area contributed by atoms with Crippen LogP contribution in [0.5, 0.6) is 5.75 Å². The maximum atomic E-state index is 12.1. The fraction of sp³-hybridized carbons (Fsp3) is 0.360. The van der Waals surface area contributed by atoms with Gasteiger partial charge in [-0.15, -0.1) is 0 Å². The molecule has 1 aliphatic heterocycles. The standard InChI is InChI=1S/C25H28N2O5/c1-17-7-9-20(10-8-17)24-26-22(18(2)32-24)15-31-21-6-4-5-19(13-21)14-27-11-12-30-16-23(27)25(28)29-3/h4-10,13,23H,11-12,14-16H2,1-3H3/t23-/m0/s1. The summed E-state index contributed by atoms with van der Waals surface area (Å²) < 4.78 is 22.2. The first-order valence-electron chi connectivity index (χ1n) is 10.7. The second-order valence-electron chi connectivity index (χ2n) is 7.91. The molecule has 1 saturated heterocycles. The summed E-state index contributed by atoms with van der Waals surface area (Å²) in [6, 6.07) is 15.6. The molecule has 0 saturated carbocycles. The lowest BCUT2D eigenvalue weighted by Gasteiger charge is -2.33. The van der Waals surface area contributed by atoms with Gasteiger partial charge in [0.15, 0.2) is 0 Å². The summed E-state index contributed by atoms with van der Waals surface area (Å²) in [6.45, 7) is 6.48. The lowest BCUT2D eigenvalue weighted by atomic mass is 10.1. The van der Waals surface area contributed by atoms with Crippen molar-refractivity contribution in [2.24, 2.45) is 0 Å². The van der Waals surface area contributed by atoms with Gasteiger partial charge in [-0.05, 0) is 43.7 Å². The van der Waals surface area contributed by atoms with Crippen molar-refractivity contribution in [3.63, 3.8) is 0 Å². The molecule has 7 nitrogen and oxygen atoms in total. The van der Waals surface area contributed by atoms with E-state index in [4.69, 9.17) is 18.6 Å². The molecule has 7 heteroatoms. The van der Waals surface area contributed by atoms with Crippen LogP contribution in [0, 0.1) is 13.8 Å². The molecule has 1 fully saturated rings. The summed E-state index contributed by atoms with van der Waals surface area (Å²) in [5.41, 5.74) is 3.95. The first kappa shape index (κ1) is 22.0. The summed E-state index contributed by atoms with van der Waals surface area (Å²) >= 11 is 0. The Morgan fingerprint density at radius 1 is 1.19 bits per heavy atom. The van der Waals surface area contributed by atoms with Crippen molar-refractivity contribution < 1.29 is 23.4 Å². The van der Waals surface area contributed by atoms with Gasteiger partial charge in [-0.2, -0.15) is 0 Å². The predicted octanol–water partition coefficient (Wildman–Crippen LogP) is 3.91. The van der Waals surface area contributed by atoms with E-state index in [1.807, 2.05) is 62.4 Å². The number of oxazole rings is 1. The highest BCUT2D eigenvalue weighted by molar-refractivity contribution is 5.75. The van der Waals surface area contributed by atoms with Gasteiger partial charge in [-0.25, -0.2) is 4.98 Å². The number of benzene rings is 2. The van der Waals surface area contributed by atoms with Gasteiger partial charge in [0.1, 0.15) is 29.9 Å². The molecule has 0 bridgehead atoms. The Hall–Kier alpha value is -3.16. The van der Waals surface area contributed by atoms with E-state index in [1.165, 1.54) is 12.7 Å². The average Bonchev–Trinajstić information content (AvgIpc) is 3.18. The predicted molar refractivity (Wildman–Crippen MR) is 119 cm³/mol. The quantitative estimate of drug-likeness (QED) is 0.520. The van der Waals surface area contributed by atoms with E-state index in [1.54, 1.807) is 0 Å². The van der Waals surface area contributed by atoms with Crippen molar-refractivity contribution in [2.75, 3.05) is 26.9 Å². The van der Waals surface area contributed by atoms with Crippen molar-refractivity contribution in [1.82, 2.24) is 9.88 Å². The first-order valence-corrected chi connectivity index (χ1v) is 10.7. The topological polar surface area (TPSA) is 74.0 Å². The number of hydrogen-bond donors (Lipinski definition) is 0. The molecule has 2 heterocycles. The second-order valence-corrected chi connectivity index (χ2v) is 7.91. The van der Waals surface area contributed by atoms with Crippen LogP contribution < -0.4 is 4.74 Å². The third kappa shape index (κ3) is 5.18. The highest BCUT2D eigenvalue weighted by Crippen LogP contribution is 2.24. The number of esters is 1. The molecule has 0 aliphatic carbocycles. The fourth-order valence-corrected chi connectivity index (χ4v) is 3.68. The Kier molecular flexibility index (Phi) is 6.87. The summed E-state index contributed by atoms with van der Waals surface area (Å²) in [5.74, 6) is 1.80. The molecular formula is C25H28N2O5. The molecule has 32 heavy (non-hydrogen) atoms. The molecule has 0 radical (unpaired) electrons. The van der Waals surface area contributed by atoms with Crippen LogP contribution in [-0.2, 0) is 27.4 Å². The maximum Gasteiger partial charge on any atom is 0.325 e. The molecule has 3 aromatic rings. The Morgan fingerprint density at radius 2 is 2.00 bits per heavy atom. The van der Waals surface area contributed by atoms with E-state index in [-0.39, 0.29) is 5.97 Å². The number of aryl methyl sites for hydroxylation is 2. The molecular weight excluding hydrogens is 408 g/mol. The Morgan fingerprint density at radius 3 is 2.78 bits per heavy atom. The number of rotatable bonds is 7. The van der Waals surface area contributed by atoms with Crippen molar-refractivity contribution in [3.05, 3.63) is 71.1 Å². The SMILES string of the molecule is COC(=O)[C@@H]1COCCN1Cc1cccc(OCc2nc(-c3ccc(C)cc3)oc2C)c1. The monoisotopic (exact) mass is 436 g/mol. The Bertz CT molecular complexity index is 1060. The number of aromatic nitrogens is 1. The van der Waals surface area contributed by atoms with Crippen LogP contribution in [0.25, 0.3) is 11.5 Å². The average molecular weight is 437 g/mol. The molecule has 1 atom stereocenters. The molecule has 0 unspecified atom stereocenters. The highest BCUT2D eigenvalue weighted by atomic mass is 16.5. The molecule has 2 aromatic carbocycles. The van der Waals surface area contributed by atoms with Crippen molar-refractivity contribution in [1.29, 1.82) is 0 Å². The van der Waals surface area contributed by atoms with E-state index in [2.05, 4.69) is 9.88 Å². The van der Waals surface area contributed by atoms with E-state index in [9.17, 15) is 4.79 Å². The fourth-order valence-electron chi connectivity index (χ4n) is 3.68. The maximum absolute atomic E-state index is 12.1. The highest BCUT2D eigenvalue weighted by Gasteiger charge is 2.30. The molecule has 4 rings (SSSR count). The van der Waals surface area contributed by atoms with Crippen LogP contribution >= 0.6 is 0 Å². The largest absolute Gasteiger partial charge is 0.487 e.